The van der Waals surface area contributed by atoms with Crippen molar-refractivity contribution < 1.29 is 0 Å². The number of anilines is 2. The van der Waals surface area contributed by atoms with Gasteiger partial charge in [-0.3, -0.25) is 0 Å². The quantitative estimate of drug-likeness (QED) is 0.845. The molecule has 0 saturated heterocycles. The maximum Gasteiger partial charge on any atom is 0.141 e. The van der Waals surface area contributed by atoms with Crippen LogP contribution in [0.2, 0.25) is 0 Å². The lowest BCUT2D eigenvalue weighted by Gasteiger charge is -2.10. The second kappa shape index (κ2) is 5.37. The van der Waals surface area contributed by atoms with Gasteiger partial charge < -0.3 is 11.1 Å². The van der Waals surface area contributed by atoms with E-state index < -0.39 is 0 Å². The lowest BCUT2D eigenvalue weighted by molar-refractivity contribution is 1.12. The van der Waals surface area contributed by atoms with E-state index in [9.17, 15) is 0 Å². The van der Waals surface area contributed by atoms with Crippen LogP contribution in [0.25, 0.3) is 0 Å². The van der Waals surface area contributed by atoms with Crippen LogP contribution in [0.5, 0.6) is 0 Å². The number of rotatable bonds is 3. The summed E-state index contributed by atoms with van der Waals surface area (Å²) >= 11 is 8.71. The minimum Gasteiger partial charge on any atom is -0.397 e. The molecule has 0 aliphatic carbocycles. The molecule has 0 radical (unpaired) electrons. The number of nitrogens with one attached hydrogen (secondary N) is 1. The monoisotopic (exact) mass is 375 g/mol. The van der Waals surface area contributed by atoms with Gasteiger partial charge >= 0.3 is 0 Å². The van der Waals surface area contributed by atoms with E-state index in [1.807, 2.05) is 13.0 Å². The average molecular weight is 377 g/mol. The first-order valence-corrected chi connectivity index (χ1v) is 7.42. The topological polar surface area (TPSA) is 50.9 Å². The van der Waals surface area contributed by atoms with Crippen molar-refractivity contribution in [3.8, 4) is 0 Å². The van der Waals surface area contributed by atoms with Gasteiger partial charge in [-0.1, -0.05) is 0 Å². The predicted octanol–water partition coefficient (Wildman–Crippen LogP) is 4.17. The summed E-state index contributed by atoms with van der Waals surface area (Å²) in [5.41, 5.74) is 7.48. The first-order valence-electron chi connectivity index (χ1n) is 4.96. The second-order valence-corrected chi connectivity index (χ2v) is 6.19. The van der Waals surface area contributed by atoms with Crippen LogP contribution in [0.15, 0.2) is 26.6 Å². The van der Waals surface area contributed by atoms with E-state index >= 15 is 0 Å². The van der Waals surface area contributed by atoms with Crippen LogP contribution in [0, 0.1) is 6.92 Å². The van der Waals surface area contributed by atoms with Crippen LogP contribution in [0.3, 0.4) is 0 Å². The molecule has 0 unspecified atom stereocenters. The molecule has 0 amide bonds. The standard InChI is InChI=1S/C11H11Br2N3S/c1-6-8(14)4-15-11(10(6)13)16-5-9-7(12)2-3-17-9/h2-4H,5,14H2,1H3,(H,15,16). The van der Waals surface area contributed by atoms with Crippen molar-refractivity contribution in [3.05, 3.63) is 37.0 Å². The zero-order valence-electron chi connectivity index (χ0n) is 9.13. The number of pyridine rings is 1. The Kier molecular flexibility index (Phi) is 4.06. The lowest BCUT2D eigenvalue weighted by atomic mass is 10.2. The molecule has 3 N–H and O–H groups in total. The number of hydrogen-bond donors (Lipinski definition) is 2. The summed E-state index contributed by atoms with van der Waals surface area (Å²) < 4.78 is 2.04. The first-order chi connectivity index (χ1) is 8.09. The van der Waals surface area contributed by atoms with Crippen molar-refractivity contribution in [3.63, 3.8) is 0 Å². The molecule has 90 valence electrons. The summed E-state index contributed by atoms with van der Waals surface area (Å²) in [6.07, 6.45) is 1.67. The largest absolute Gasteiger partial charge is 0.397 e. The zero-order valence-corrected chi connectivity index (χ0v) is 13.1. The smallest absolute Gasteiger partial charge is 0.141 e. The van der Waals surface area contributed by atoms with Crippen molar-refractivity contribution in [2.45, 2.75) is 13.5 Å². The molecular weight excluding hydrogens is 366 g/mol. The summed E-state index contributed by atoms with van der Waals surface area (Å²) in [4.78, 5) is 5.52. The molecule has 0 atom stereocenters. The predicted molar refractivity (Wildman–Crippen MR) is 80.4 cm³/mol. The van der Waals surface area contributed by atoms with Gasteiger partial charge in [-0.15, -0.1) is 11.3 Å². The zero-order chi connectivity index (χ0) is 12.4. The van der Waals surface area contributed by atoms with E-state index in [4.69, 9.17) is 5.73 Å². The second-order valence-electron chi connectivity index (χ2n) is 3.55. The normalized spacial score (nSPS) is 10.5. The van der Waals surface area contributed by atoms with E-state index in [1.165, 1.54) is 4.88 Å². The molecule has 2 aromatic rings. The summed E-state index contributed by atoms with van der Waals surface area (Å²) in [7, 11) is 0. The Labute approximate surface area is 121 Å². The van der Waals surface area contributed by atoms with Crippen LogP contribution in [0.4, 0.5) is 11.5 Å². The van der Waals surface area contributed by atoms with Crippen molar-refractivity contribution in [2.75, 3.05) is 11.1 Å². The molecule has 6 heteroatoms. The summed E-state index contributed by atoms with van der Waals surface area (Å²) in [6.45, 7) is 2.71. The highest BCUT2D eigenvalue weighted by atomic mass is 79.9. The van der Waals surface area contributed by atoms with Crippen LogP contribution in [-0.4, -0.2) is 4.98 Å². The van der Waals surface area contributed by atoms with E-state index in [1.54, 1.807) is 17.5 Å². The van der Waals surface area contributed by atoms with Gasteiger partial charge in [0.1, 0.15) is 5.82 Å². The van der Waals surface area contributed by atoms with Gasteiger partial charge in [0.2, 0.25) is 0 Å². The fourth-order valence-electron chi connectivity index (χ4n) is 1.33. The number of thiophene rings is 1. The number of nitrogens with two attached hydrogens (primary N) is 1. The number of halogens is 2. The minimum absolute atomic E-state index is 0.694. The molecule has 0 fully saturated rings. The molecule has 0 aromatic carbocycles. The highest BCUT2D eigenvalue weighted by Gasteiger charge is 2.08. The lowest BCUT2D eigenvalue weighted by Crippen LogP contribution is -2.03. The molecule has 3 nitrogen and oxygen atoms in total. The third kappa shape index (κ3) is 2.81. The number of nitrogens with zero attached hydrogens (tertiary/aromatic N) is 1. The molecule has 0 aliphatic rings. The van der Waals surface area contributed by atoms with Gasteiger partial charge in [0.05, 0.1) is 22.9 Å². The molecular formula is C11H11Br2N3S. The maximum atomic E-state index is 5.78. The molecule has 2 heterocycles. The Morgan fingerprint density at radius 3 is 2.88 bits per heavy atom. The van der Waals surface area contributed by atoms with Crippen molar-refractivity contribution >= 4 is 54.7 Å². The number of hydrogen-bond acceptors (Lipinski definition) is 4. The fourth-order valence-corrected chi connectivity index (χ4v) is 3.23. The Balaban J connectivity index is 2.15. The molecule has 2 rings (SSSR count). The fraction of sp³-hybridized carbons (Fsp3) is 0.182. The molecule has 2 aromatic heterocycles. The Morgan fingerprint density at radius 1 is 1.47 bits per heavy atom. The molecule has 0 aliphatic heterocycles. The Bertz CT molecular complexity index is 540. The summed E-state index contributed by atoms with van der Waals surface area (Å²) in [5.74, 6) is 0.817. The molecule has 0 bridgehead atoms. The van der Waals surface area contributed by atoms with Crippen LogP contribution >= 0.6 is 43.2 Å². The SMILES string of the molecule is Cc1c(N)cnc(NCc2sccc2Br)c1Br. The van der Waals surface area contributed by atoms with Gasteiger partial charge in [0.15, 0.2) is 0 Å². The summed E-state index contributed by atoms with van der Waals surface area (Å²) in [6, 6.07) is 2.04. The van der Waals surface area contributed by atoms with Gasteiger partial charge in [0.25, 0.3) is 0 Å². The minimum atomic E-state index is 0.694. The Morgan fingerprint density at radius 2 is 2.24 bits per heavy atom. The highest BCUT2D eigenvalue weighted by Crippen LogP contribution is 2.29. The van der Waals surface area contributed by atoms with Gasteiger partial charge in [-0.2, -0.15) is 0 Å². The highest BCUT2D eigenvalue weighted by molar-refractivity contribution is 9.11. The van der Waals surface area contributed by atoms with Gasteiger partial charge in [-0.25, -0.2) is 4.98 Å². The van der Waals surface area contributed by atoms with Crippen LogP contribution in [-0.2, 0) is 6.54 Å². The Hall–Kier alpha value is -0.590. The van der Waals surface area contributed by atoms with E-state index in [0.29, 0.717) is 5.69 Å². The van der Waals surface area contributed by atoms with Gasteiger partial charge in [0, 0.05) is 9.35 Å². The third-order valence-corrected chi connectivity index (χ3v) is 5.31. The van der Waals surface area contributed by atoms with Crippen molar-refractivity contribution in [1.82, 2.24) is 4.98 Å². The average Bonchev–Trinajstić information content (AvgIpc) is 2.71. The molecule has 17 heavy (non-hydrogen) atoms. The van der Waals surface area contributed by atoms with Crippen molar-refractivity contribution in [2.24, 2.45) is 0 Å². The molecule has 0 spiro atoms. The molecule has 0 saturated carbocycles. The number of aromatic nitrogens is 1. The van der Waals surface area contributed by atoms with Crippen LogP contribution < -0.4 is 11.1 Å². The van der Waals surface area contributed by atoms with Gasteiger partial charge in [-0.05, 0) is 55.8 Å². The van der Waals surface area contributed by atoms with E-state index in [-0.39, 0.29) is 0 Å². The van der Waals surface area contributed by atoms with E-state index in [2.05, 4.69) is 47.5 Å². The van der Waals surface area contributed by atoms with E-state index in [0.717, 1.165) is 26.9 Å². The summed E-state index contributed by atoms with van der Waals surface area (Å²) in [5, 5.41) is 5.34. The first kappa shape index (κ1) is 12.9. The maximum absolute atomic E-state index is 5.78. The third-order valence-electron chi connectivity index (χ3n) is 2.41. The van der Waals surface area contributed by atoms with Crippen LogP contribution in [0.1, 0.15) is 10.4 Å². The number of nitrogen functional groups attached to an aromatic ring is 1. The van der Waals surface area contributed by atoms with Crippen molar-refractivity contribution in [1.29, 1.82) is 0 Å².